The van der Waals surface area contributed by atoms with Crippen molar-refractivity contribution in [3.63, 3.8) is 0 Å². The van der Waals surface area contributed by atoms with Crippen LogP contribution in [0.4, 0.5) is 0 Å². The predicted molar refractivity (Wildman–Crippen MR) is 297 cm³/mol. The van der Waals surface area contributed by atoms with Crippen LogP contribution in [0.5, 0.6) is 0 Å². The molecule has 0 saturated heterocycles. The van der Waals surface area contributed by atoms with Crippen LogP contribution in [-0.2, 0) is 28.6 Å². The molecule has 0 N–H and O–H groups in total. The first-order valence-corrected chi connectivity index (χ1v) is 27.7. The summed E-state index contributed by atoms with van der Waals surface area (Å²) in [4.78, 5) is 38.1. The molecule has 69 heavy (non-hydrogen) atoms. The molecule has 0 fully saturated rings. The van der Waals surface area contributed by atoms with Gasteiger partial charge in [-0.15, -0.1) is 0 Å². The Bertz CT molecular complexity index is 1510. The van der Waals surface area contributed by atoms with Crippen molar-refractivity contribution in [1.82, 2.24) is 0 Å². The Morgan fingerprint density at radius 1 is 0.304 bits per heavy atom. The largest absolute Gasteiger partial charge is 0.462 e. The maximum Gasteiger partial charge on any atom is 0.306 e. The van der Waals surface area contributed by atoms with Crippen LogP contribution < -0.4 is 0 Å². The van der Waals surface area contributed by atoms with E-state index < -0.39 is 6.10 Å². The second-order valence-corrected chi connectivity index (χ2v) is 17.7. The molecule has 388 valence electrons. The van der Waals surface area contributed by atoms with Gasteiger partial charge in [-0.1, -0.05) is 212 Å². The van der Waals surface area contributed by atoms with E-state index in [0.29, 0.717) is 19.3 Å². The summed E-state index contributed by atoms with van der Waals surface area (Å²) in [5.74, 6) is -1.02. The summed E-state index contributed by atoms with van der Waals surface area (Å²) in [6.07, 6.45) is 78.7. The predicted octanol–water partition coefficient (Wildman–Crippen LogP) is 18.6. The van der Waals surface area contributed by atoms with E-state index in [2.05, 4.69) is 154 Å². The number of allylic oxidation sites excluding steroid dienone is 22. The third kappa shape index (κ3) is 54.4. The summed E-state index contributed by atoms with van der Waals surface area (Å²) >= 11 is 0. The smallest absolute Gasteiger partial charge is 0.306 e. The van der Waals surface area contributed by atoms with Gasteiger partial charge in [-0.05, 0) is 128 Å². The van der Waals surface area contributed by atoms with Crippen molar-refractivity contribution in [2.75, 3.05) is 13.2 Å². The first-order chi connectivity index (χ1) is 34.0. The number of hydrogen-bond donors (Lipinski definition) is 0. The SMILES string of the molecule is CCC=CCC=CCC=CCC=CCC=CCCCCCC(=O)OCC(COC(=O)CCCC=CCC=CCC=CCC=CCC=CCC)OC(=O)CCCCCCCC=CCCCCCCCC. The molecule has 0 aromatic rings. The van der Waals surface area contributed by atoms with E-state index in [1.165, 1.54) is 51.4 Å². The van der Waals surface area contributed by atoms with Crippen molar-refractivity contribution < 1.29 is 28.6 Å². The molecule has 0 bridgehead atoms. The fraction of sp³-hybridized carbons (Fsp3) is 0.603. The average Bonchev–Trinajstić information content (AvgIpc) is 3.35. The van der Waals surface area contributed by atoms with Crippen molar-refractivity contribution >= 4 is 17.9 Å². The van der Waals surface area contributed by atoms with Gasteiger partial charge in [0.05, 0.1) is 0 Å². The summed E-state index contributed by atoms with van der Waals surface area (Å²) < 4.78 is 16.8. The van der Waals surface area contributed by atoms with E-state index in [4.69, 9.17) is 14.2 Å². The molecule has 6 heteroatoms. The lowest BCUT2D eigenvalue weighted by Gasteiger charge is -2.18. The lowest BCUT2D eigenvalue weighted by molar-refractivity contribution is -0.167. The van der Waals surface area contributed by atoms with Gasteiger partial charge in [-0.3, -0.25) is 14.4 Å². The zero-order valence-corrected chi connectivity index (χ0v) is 44.3. The molecule has 1 unspecified atom stereocenters. The Balaban J connectivity index is 4.57. The zero-order chi connectivity index (χ0) is 50.0. The minimum atomic E-state index is -0.824. The van der Waals surface area contributed by atoms with Gasteiger partial charge in [0.1, 0.15) is 13.2 Å². The first-order valence-electron chi connectivity index (χ1n) is 27.7. The monoisotopic (exact) mass is 953 g/mol. The molecule has 0 saturated carbocycles. The van der Waals surface area contributed by atoms with E-state index in [9.17, 15) is 14.4 Å². The van der Waals surface area contributed by atoms with Crippen LogP contribution >= 0.6 is 0 Å². The molecule has 1 atom stereocenters. The van der Waals surface area contributed by atoms with E-state index in [1.807, 2.05) is 0 Å². The molecule has 0 spiro atoms. The van der Waals surface area contributed by atoms with Crippen LogP contribution in [-0.4, -0.2) is 37.2 Å². The second kappa shape index (κ2) is 56.1. The van der Waals surface area contributed by atoms with E-state index in [0.717, 1.165) is 128 Å². The van der Waals surface area contributed by atoms with Gasteiger partial charge in [0.25, 0.3) is 0 Å². The minimum absolute atomic E-state index is 0.121. The molecule has 6 nitrogen and oxygen atoms in total. The molecule has 0 amide bonds. The minimum Gasteiger partial charge on any atom is -0.462 e. The van der Waals surface area contributed by atoms with Crippen LogP contribution in [0.1, 0.15) is 226 Å². The van der Waals surface area contributed by atoms with Crippen molar-refractivity contribution in [3.8, 4) is 0 Å². The van der Waals surface area contributed by atoms with Crippen molar-refractivity contribution in [1.29, 1.82) is 0 Å². The number of carbonyl (C=O) groups excluding carboxylic acids is 3. The Morgan fingerprint density at radius 2 is 0.580 bits per heavy atom. The van der Waals surface area contributed by atoms with Crippen LogP contribution in [0.2, 0.25) is 0 Å². The highest BCUT2D eigenvalue weighted by atomic mass is 16.6. The standard InChI is InChI=1S/C63H100O6/c1-4-7-10-13-16-19-22-25-28-30-31-33-36-38-41-44-47-50-53-56-62(65)68-59-60(69-63(66)57-54-51-48-45-42-39-34-27-24-21-18-15-12-9-6-3)58-67-61(64)55-52-49-46-43-40-37-35-32-29-26-23-20-17-14-11-8-5-2/h7-8,10-11,16-17,19-20,25-29,31,33-35,37-38,41,43,46,60H,4-6,9,12-15,18,21-24,30,32,36,39-40,42,44-45,47-59H2,1-3H3. The van der Waals surface area contributed by atoms with Gasteiger partial charge in [0.2, 0.25) is 0 Å². The van der Waals surface area contributed by atoms with Crippen LogP contribution in [0.15, 0.2) is 134 Å². The fourth-order valence-corrected chi connectivity index (χ4v) is 7.03. The highest BCUT2D eigenvalue weighted by molar-refractivity contribution is 5.71. The lowest BCUT2D eigenvalue weighted by atomic mass is 10.1. The highest BCUT2D eigenvalue weighted by Crippen LogP contribution is 2.13. The number of carbonyl (C=O) groups is 3. The first kappa shape index (κ1) is 64.5. The molecule has 0 aliphatic carbocycles. The van der Waals surface area contributed by atoms with E-state index in [-0.39, 0.29) is 37.5 Å². The summed E-state index contributed by atoms with van der Waals surface area (Å²) in [6, 6.07) is 0. The molecular formula is C63H100O6. The molecule has 0 radical (unpaired) electrons. The van der Waals surface area contributed by atoms with Gasteiger partial charge in [-0.2, -0.15) is 0 Å². The molecule has 0 heterocycles. The number of rotatable bonds is 48. The van der Waals surface area contributed by atoms with Gasteiger partial charge in [0, 0.05) is 19.3 Å². The lowest BCUT2D eigenvalue weighted by Crippen LogP contribution is -2.30. The van der Waals surface area contributed by atoms with E-state index in [1.54, 1.807) is 0 Å². The number of esters is 3. The van der Waals surface area contributed by atoms with Crippen LogP contribution in [0.3, 0.4) is 0 Å². The maximum atomic E-state index is 12.8. The summed E-state index contributed by atoms with van der Waals surface area (Å²) in [5, 5.41) is 0. The Morgan fingerprint density at radius 3 is 0.971 bits per heavy atom. The third-order valence-corrected chi connectivity index (χ3v) is 11.1. The second-order valence-electron chi connectivity index (χ2n) is 17.7. The zero-order valence-electron chi connectivity index (χ0n) is 44.3. The number of hydrogen-bond acceptors (Lipinski definition) is 6. The van der Waals surface area contributed by atoms with Gasteiger partial charge in [-0.25, -0.2) is 0 Å². The van der Waals surface area contributed by atoms with Crippen LogP contribution in [0.25, 0.3) is 0 Å². The van der Waals surface area contributed by atoms with Gasteiger partial charge >= 0.3 is 17.9 Å². The van der Waals surface area contributed by atoms with Crippen molar-refractivity contribution in [3.05, 3.63) is 134 Å². The van der Waals surface area contributed by atoms with Crippen LogP contribution in [0, 0.1) is 0 Å². The van der Waals surface area contributed by atoms with E-state index >= 15 is 0 Å². The molecule has 0 aliphatic heterocycles. The fourth-order valence-electron chi connectivity index (χ4n) is 7.03. The average molecular weight is 953 g/mol. The highest BCUT2D eigenvalue weighted by Gasteiger charge is 2.19. The maximum absolute atomic E-state index is 12.8. The summed E-state index contributed by atoms with van der Waals surface area (Å²) in [5.41, 5.74) is 0. The molecule has 0 rings (SSSR count). The number of unbranched alkanes of at least 4 members (excludes halogenated alkanes) is 15. The van der Waals surface area contributed by atoms with Gasteiger partial charge < -0.3 is 14.2 Å². The van der Waals surface area contributed by atoms with Crippen molar-refractivity contribution in [2.24, 2.45) is 0 Å². The summed E-state index contributed by atoms with van der Waals surface area (Å²) in [6.45, 7) is 6.31. The third-order valence-electron chi connectivity index (χ3n) is 11.1. The Labute approximate surface area is 424 Å². The Kier molecular flexibility index (Phi) is 52.5. The molecule has 0 aliphatic rings. The molecule has 0 aromatic heterocycles. The van der Waals surface area contributed by atoms with Crippen molar-refractivity contribution in [2.45, 2.75) is 232 Å². The Hall–Kier alpha value is -4.45. The number of ether oxygens (including phenoxy) is 3. The quantitative estimate of drug-likeness (QED) is 0.0262. The van der Waals surface area contributed by atoms with Gasteiger partial charge in [0.15, 0.2) is 6.10 Å². The topological polar surface area (TPSA) is 78.9 Å². The normalized spacial score (nSPS) is 13.1. The summed E-state index contributed by atoms with van der Waals surface area (Å²) in [7, 11) is 0. The molecular weight excluding hydrogens is 853 g/mol. The molecule has 0 aromatic carbocycles.